The van der Waals surface area contributed by atoms with Gasteiger partial charge in [0.2, 0.25) is 0 Å². The molecular weight excluding hydrogens is 182 g/mol. The summed E-state index contributed by atoms with van der Waals surface area (Å²) >= 11 is 0. The largest absolute Gasteiger partial charge is 0.399 e. The van der Waals surface area contributed by atoms with Crippen molar-refractivity contribution in [2.45, 2.75) is 13.3 Å². The Morgan fingerprint density at radius 3 is 2.33 bits per heavy atom. The fourth-order valence-corrected chi connectivity index (χ4v) is 1.64. The lowest BCUT2D eigenvalue weighted by atomic mass is 10.0. The van der Waals surface area contributed by atoms with Gasteiger partial charge in [-0.2, -0.15) is 0 Å². The van der Waals surface area contributed by atoms with Crippen LogP contribution in [0.4, 0.5) is 5.69 Å². The van der Waals surface area contributed by atoms with Crippen molar-refractivity contribution in [1.82, 2.24) is 0 Å². The van der Waals surface area contributed by atoms with E-state index in [4.69, 9.17) is 5.73 Å². The summed E-state index contributed by atoms with van der Waals surface area (Å²) in [5.41, 5.74) is 10.5. The zero-order valence-electron chi connectivity index (χ0n) is 8.90. The highest BCUT2D eigenvalue weighted by molar-refractivity contribution is 5.42. The maximum Gasteiger partial charge on any atom is 0.0316 e. The fraction of sp³-hybridized carbons (Fsp3) is 0.143. The van der Waals surface area contributed by atoms with E-state index in [1.54, 1.807) is 0 Å². The Hall–Kier alpha value is -1.76. The van der Waals surface area contributed by atoms with Gasteiger partial charge in [0.05, 0.1) is 0 Å². The molecule has 0 aliphatic heterocycles. The van der Waals surface area contributed by atoms with Crippen molar-refractivity contribution >= 4 is 5.69 Å². The van der Waals surface area contributed by atoms with Gasteiger partial charge in [-0.15, -0.1) is 0 Å². The van der Waals surface area contributed by atoms with Crippen LogP contribution in [0.1, 0.15) is 16.7 Å². The van der Waals surface area contributed by atoms with E-state index in [2.05, 4.69) is 37.3 Å². The SMILES string of the molecule is Cc1ccc(Cc2cccc(N)c2)cc1. The summed E-state index contributed by atoms with van der Waals surface area (Å²) in [7, 11) is 0. The van der Waals surface area contributed by atoms with Crippen LogP contribution in [0, 0.1) is 6.92 Å². The molecule has 0 bridgehead atoms. The summed E-state index contributed by atoms with van der Waals surface area (Å²) in [6.07, 6.45) is 0.950. The lowest BCUT2D eigenvalue weighted by Gasteiger charge is -2.03. The van der Waals surface area contributed by atoms with E-state index in [1.165, 1.54) is 16.7 Å². The third-order valence-corrected chi connectivity index (χ3v) is 2.48. The monoisotopic (exact) mass is 197 g/mol. The number of hydrogen-bond donors (Lipinski definition) is 1. The first-order chi connectivity index (χ1) is 7.24. The van der Waals surface area contributed by atoms with E-state index in [-0.39, 0.29) is 0 Å². The Balaban J connectivity index is 2.18. The van der Waals surface area contributed by atoms with Gasteiger partial charge in [0.25, 0.3) is 0 Å². The summed E-state index contributed by atoms with van der Waals surface area (Å²) in [5, 5.41) is 0. The van der Waals surface area contributed by atoms with Gasteiger partial charge in [-0.05, 0) is 36.6 Å². The molecule has 0 fully saturated rings. The maximum atomic E-state index is 5.74. The highest BCUT2D eigenvalue weighted by Crippen LogP contribution is 2.13. The van der Waals surface area contributed by atoms with Gasteiger partial charge < -0.3 is 5.73 Å². The van der Waals surface area contributed by atoms with Gasteiger partial charge in [-0.3, -0.25) is 0 Å². The highest BCUT2D eigenvalue weighted by Gasteiger charge is 1.96. The smallest absolute Gasteiger partial charge is 0.0316 e. The quantitative estimate of drug-likeness (QED) is 0.735. The topological polar surface area (TPSA) is 26.0 Å². The molecule has 2 aromatic rings. The van der Waals surface area contributed by atoms with E-state index in [9.17, 15) is 0 Å². The van der Waals surface area contributed by atoms with Crippen molar-refractivity contribution in [3.05, 3.63) is 65.2 Å². The lowest BCUT2D eigenvalue weighted by Crippen LogP contribution is -1.90. The molecular formula is C14H15N. The summed E-state index contributed by atoms with van der Waals surface area (Å²) in [6, 6.07) is 16.7. The molecule has 2 N–H and O–H groups in total. The van der Waals surface area contributed by atoms with E-state index >= 15 is 0 Å². The molecule has 76 valence electrons. The second-order valence-electron chi connectivity index (χ2n) is 3.91. The van der Waals surface area contributed by atoms with Gasteiger partial charge in [0.15, 0.2) is 0 Å². The molecule has 0 spiro atoms. The molecule has 0 aliphatic rings. The van der Waals surface area contributed by atoms with Gasteiger partial charge in [0.1, 0.15) is 0 Å². The van der Waals surface area contributed by atoms with Crippen LogP contribution in [-0.4, -0.2) is 0 Å². The average Bonchev–Trinajstić information content (AvgIpc) is 2.22. The third kappa shape index (κ3) is 2.59. The predicted octanol–water partition coefficient (Wildman–Crippen LogP) is 3.17. The summed E-state index contributed by atoms with van der Waals surface area (Å²) in [6.45, 7) is 2.10. The van der Waals surface area contributed by atoms with Gasteiger partial charge >= 0.3 is 0 Å². The summed E-state index contributed by atoms with van der Waals surface area (Å²) in [5.74, 6) is 0. The molecule has 15 heavy (non-hydrogen) atoms. The van der Waals surface area contributed by atoms with Gasteiger partial charge in [-0.1, -0.05) is 42.0 Å². The highest BCUT2D eigenvalue weighted by atomic mass is 14.5. The molecule has 2 rings (SSSR count). The molecule has 1 nitrogen and oxygen atoms in total. The second-order valence-corrected chi connectivity index (χ2v) is 3.91. The normalized spacial score (nSPS) is 10.2. The number of hydrogen-bond acceptors (Lipinski definition) is 1. The number of rotatable bonds is 2. The predicted molar refractivity (Wildman–Crippen MR) is 64.8 cm³/mol. The number of nitrogen functional groups attached to an aromatic ring is 1. The first-order valence-corrected chi connectivity index (χ1v) is 5.14. The van der Waals surface area contributed by atoms with E-state index in [1.807, 2.05) is 18.2 Å². The van der Waals surface area contributed by atoms with Crippen LogP contribution in [0.5, 0.6) is 0 Å². The lowest BCUT2D eigenvalue weighted by molar-refractivity contribution is 1.19. The zero-order valence-corrected chi connectivity index (χ0v) is 8.90. The molecule has 1 heteroatoms. The Bertz CT molecular complexity index is 443. The number of benzene rings is 2. The molecule has 0 atom stereocenters. The molecule has 0 aliphatic carbocycles. The van der Waals surface area contributed by atoms with Gasteiger partial charge in [0, 0.05) is 5.69 Å². The van der Waals surface area contributed by atoms with Crippen LogP contribution in [0.3, 0.4) is 0 Å². The molecule has 0 amide bonds. The van der Waals surface area contributed by atoms with Crippen molar-refractivity contribution in [3.63, 3.8) is 0 Å². The average molecular weight is 197 g/mol. The zero-order chi connectivity index (χ0) is 10.7. The van der Waals surface area contributed by atoms with Crippen LogP contribution < -0.4 is 5.73 Å². The van der Waals surface area contributed by atoms with Gasteiger partial charge in [-0.25, -0.2) is 0 Å². The van der Waals surface area contributed by atoms with E-state index in [0.717, 1.165) is 12.1 Å². The third-order valence-electron chi connectivity index (χ3n) is 2.48. The Morgan fingerprint density at radius 2 is 1.67 bits per heavy atom. The van der Waals surface area contributed by atoms with E-state index in [0.29, 0.717) is 0 Å². The van der Waals surface area contributed by atoms with Crippen molar-refractivity contribution in [3.8, 4) is 0 Å². The summed E-state index contributed by atoms with van der Waals surface area (Å²) in [4.78, 5) is 0. The number of anilines is 1. The minimum Gasteiger partial charge on any atom is -0.399 e. The van der Waals surface area contributed by atoms with Crippen LogP contribution in [0.2, 0.25) is 0 Å². The molecule has 0 radical (unpaired) electrons. The van der Waals surface area contributed by atoms with Crippen LogP contribution in [0.15, 0.2) is 48.5 Å². The minimum atomic E-state index is 0.833. The summed E-state index contributed by atoms with van der Waals surface area (Å²) < 4.78 is 0. The standard InChI is InChI=1S/C14H15N/c1-11-5-7-12(8-6-11)9-13-3-2-4-14(15)10-13/h2-8,10H,9,15H2,1H3. The maximum absolute atomic E-state index is 5.74. The molecule has 0 saturated heterocycles. The molecule has 0 aromatic heterocycles. The fourth-order valence-electron chi connectivity index (χ4n) is 1.64. The van der Waals surface area contributed by atoms with Crippen molar-refractivity contribution in [2.24, 2.45) is 0 Å². The minimum absolute atomic E-state index is 0.833. The van der Waals surface area contributed by atoms with Crippen LogP contribution in [-0.2, 0) is 6.42 Å². The van der Waals surface area contributed by atoms with Crippen LogP contribution in [0.25, 0.3) is 0 Å². The number of nitrogens with two attached hydrogens (primary N) is 1. The Morgan fingerprint density at radius 1 is 0.933 bits per heavy atom. The van der Waals surface area contributed by atoms with E-state index < -0.39 is 0 Å². The van der Waals surface area contributed by atoms with Crippen LogP contribution >= 0.6 is 0 Å². The second kappa shape index (κ2) is 4.18. The Labute approximate surface area is 90.6 Å². The molecule has 0 heterocycles. The van der Waals surface area contributed by atoms with Crippen molar-refractivity contribution in [1.29, 1.82) is 0 Å². The molecule has 0 unspecified atom stereocenters. The molecule has 0 saturated carbocycles. The first-order valence-electron chi connectivity index (χ1n) is 5.14. The Kier molecular flexibility index (Phi) is 2.72. The molecule has 2 aromatic carbocycles. The van der Waals surface area contributed by atoms with Crippen molar-refractivity contribution < 1.29 is 0 Å². The number of aryl methyl sites for hydroxylation is 1. The first kappa shape index (κ1) is 9.78. The van der Waals surface area contributed by atoms with Crippen molar-refractivity contribution in [2.75, 3.05) is 5.73 Å².